The molecule has 5 heteroatoms. The summed E-state index contributed by atoms with van der Waals surface area (Å²) >= 11 is 0. The van der Waals surface area contributed by atoms with E-state index < -0.39 is 11.6 Å². The number of nitrogens with one attached hydrogen (secondary N) is 1. The minimum atomic E-state index is -1.13. The largest absolute Gasteiger partial charge is 0.387 e. The van der Waals surface area contributed by atoms with E-state index in [1.54, 1.807) is 6.92 Å². The lowest BCUT2D eigenvalue weighted by Crippen LogP contribution is -2.49. The van der Waals surface area contributed by atoms with Crippen LogP contribution in [0.4, 0.5) is 0 Å². The highest BCUT2D eigenvalue weighted by Gasteiger charge is 2.30. The van der Waals surface area contributed by atoms with Crippen LogP contribution in [0, 0.1) is 6.92 Å². The Labute approximate surface area is 143 Å². The quantitative estimate of drug-likeness (QED) is 0.786. The van der Waals surface area contributed by atoms with E-state index in [0.717, 1.165) is 16.7 Å². The summed E-state index contributed by atoms with van der Waals surface area (Å²) in [6.45, 7) is 3.77. The summed E-state index contributed by atoms with van der Waals surface area (Å²) in [4.78, 5) is 12.3. The van der Waals surface area contributed by atoms with Gasteiger partial charge >= 0.3 is 0 Å². The number of carbonyl (C=O) groups excluding carboxylic acids is 1. The third kappa shape index (κ3) is 4.79. The minimum absolute atomic E-state index is 0. The summed E-state index contributed by atoms with van der Waals surface area (Å²) in [7, 11) is 0. The Morgan fingerprint density at radius 3 is 2.30 bits per heavy atom. The molecule has 0 bridgehead atoms. The number of benzene rings is 2. The van der Waals surface area contributed by atoms with E-state index in [1.165, 1.54) is 0 Å². The zero-order chi connectivity index (χ0) is 16.2. The van der Waals surface area contributed by atoms with Crippen molar-refractivity contribution in [2.75, 3.05) is 6.54 Å². The molecule has 4 N–H and O–H groups in total. The smallest absolute Gasteiger partial charge is 0.244 e. The standard InChI is InChI=1S/C18H22N2O2.ClH/c1-13-8-10-14(11-9-13)16(21)12-20-17(22)18(2,19)15-6-4-3-5-7-15;/h3-11,16,21H,12,19H2,1-2H3,(H,20,22);1H. The van der Waals surface area contributed by atoms with Crippen LogP contribution in [0.15, 0.2) is 54.6 Å². The fraction of sp³-hybridized carbons (Fsp3) is 0.278. The van der Waals surface area contributed by atoms with Gasteiger partial charge in [0.25, 0.3) is 0 Å². The zero-order valence-corrected chi connectivity index (χ0v) is 14.1. The van der Waals surface area contributed by atoms with Gasteiger partial charge in [0, 0.05) is 6.54 Å². The van der Waals surface area contributed by atoms with Crippen LogP contribution >= 0.6 is 12.4 Å². The van der Waals surface area contributed by atoms with Crippen LogP contribution in [0.2, 0.25) is 0 Å². The number of halogens is 1. The lowest BCUT2D eigenvalue weighted by atomic mass is 9.92. The maximum absolute atomic E-state index is 12.3. The molecular weight excluding hydrogens is 312 g/mol. The molecule has 0 fully saturated rings. The number of amides is 1. The molecule has 0 radical (unpaired) electrons. The van der Waals surface area contributed by atoms with Gasteiger partial charge in [0.15, 0.2) is 0 Å². The Morgan fingerprint density at radius 1 is 1.17 bits per heavy atom. The highest BCUT2D eigenvalue weighted by molar-refractivity contribution is 5.87. The van der Waals surface area contributed by atoms with Crippen LogP contribution in [-0.4, -0.2) is 17.6 Å². The van der Waals surface area contributed by atoms with Crippen LogP contribution in [0.5, 0.6) is 0 Å². The topological polar surface area (TPSA) is 75.3 Å². The fourth-order valence-corrected chi connectivity index (χ4v) is 2.19. The Morgan fingerprint density at radius 2 is 1.74 bits per heavy atom. The molecule has 0 aliphatic rings. The first kappa shape index (κ1) is 19.2. The predicted octanol–water partition coefficient (Wildman–Crippen LogP) is 2.44. The molecule has 2 atom stereocenters. The van der Waals surface area contributed by atoms with Crippen LogP contribution in [0.1, 0.15) is 29.7 Å². The number of hydrogen-bond donors (Lipinski definition) is 3. The molecule has 0 saturated heterocycles. The van der Waals surface area contributed by atoms with E-state index in [-0.39, 0.29) is 24.9 Å². The maximum Gasteiger partial charge on any atom is 0.244 e. The SMILES string of the molecule is Cc1ccc(C(O)CNC(=O)C(C)(N)c2ccccc2)cc1.Cl. The summed E-state index contributed by atoms with van der Waals surface area (Å²) in [5, 5.41) is 12.9. The van der Waals surface area contributed by atoms with Crippen molar-refractivity contribution in [2.24, 2.45) is 5.73 Å². The second-order valence-electron chi connectivity index (χ2n) is 5.70. The fourth-order valence-electron chi connectivity index (χ4n) is 2.19. The molecule has 2 rings (SSSR count). The first-order valence-electron chi connectivity index (χ1n) is 7.28. The molecule has 0 aromatic heterocycles. The van der Waals surface area contributed by atoms with Gasteiger partial charge in [-0.3, -0.25) is 4.79 Å². The number of nitrogens with two attached hydrogens (primary N) is 1. The average Bonchev–Trinajstić information content (AvgIpc) is 2.53. The van der Waals surface area contributed by atoms with Crippen molar-refractivity contribution in [3.05, 3.63) is 71.3 Å². The summed E-state index contributed by atoms with van der Waals surface area (Å²) < 4.78 is 0. The molecule has 0 heterocycles. The van der Waals surface area contributed by atoms with Crippen molar-refractivity contribution < 1.29 is 9.90 Å². The molecule has 23 heavy (non-hydrogen) atoms. The van der Waals surface area contributed by atoms with Gasteiger partial charge in [-0.15, -0.1) is 12.4 Å². The molecule has 2 unspecified atom stereocenters. The monoisotopic (exact) mass is 334 g/mol. The lowest BCUT2D eigenvalue weighted by molar-refractivity contribution is -0.126. The lowest BCUT2D eigenvalue weighted by Gasteiger charge is -2.25. The second-order valence-corrected chi connectivity index (χ2v) is 5.70. The second kappa shape index (κ2) is 8.11. The Kier molecular flexibility index (Phi) is 6.76. The number of aliphatic hydroxyl groups excluding tert-OH is 1. The summed E-state index contributed by atoms with van der Waals surface area (Å²) in [6.07, 6.45) is -0.754. The third-order valence-corrected chi connectivity index (χ3v) is 3.76. The molecule has 0 aliphatic heterocycles. The molecule has 0 aliphatic carbocycles. The van der Waals surface area contributed by atoms with E-state index in [4.69, 9.17) is 5.73 Å². The number of carbonyl (C=O) groups is 1. The van der Waals surface area contributed by atoms with Crippen molar-refractivity contribution in [3.8, 4) is 0 Å². The summed E-state index contributed by atoms with van der Waals surface area (Å²) in [5.74, 6) is -0.315. The van der Waals surface area contributed by atoms with Gasteiger partial charge in [0.05, 0.1) is 6.10 Å². The van der Waals surface area contributed by atoms with Gasteiger partial charge in [-0.25, -0.2) is 0 Å². The van der Waals surface area contributed by atoms with Crippen molar-refractivity contribution in [3.63, 3.8) is 0 Å². The molecule has 1 amide bonds. The predicted molar refractivity (Wildman–Crippen MR) is 94.4 cm³/mol. The highest BCUT2D eigenvalue weighted by Crippen LogP contribution is 2.18. The number of aliphatic hydroxyl groups is 1. The van der Waals surface area contributed by atoms with E-state index in [0.29, 0.717) is 0 Å². The average molecular weight is 335 g/mol. The van der Waals surface area contributed by atoms with Gasteiger partial charge in [0.1, 0.15) is 5.54 Å². The van der Waals surface area contributed by atoms with Gasteiger partial charge in [-0.1, -0.05) is 60.2 Å². The summed E-state index contributed by atoms with van der Waals surface area (Å²) in [6, 6.07) is 16.7. The van der Waals surface area contributed by atoms with Crippen LogP contribution in [0.3, 0.4) is 0 Å². The Bertz CT molecular complexity index is 627. The van der Waals surface area contributed by atoms with Crippen molar-refractivity contribution >= 4 is 18.3 Å². The van der Waals surface area contributed by atoms with Crippen molar-refractivity contribution in [1.29, 1.82) is 0 Å². The van der Waals surface area contributed by atoms with E-state index >= 15 is 0 Å². The highest BCUT2D eigenvalue weighted by atomic mass is 35.5. The summed E-state index contributed by atoms with van der Waals surface area (Å²) in [5.41, 5.74) is 7.63. The first-order chi connectivity index (χ1) is 10.4. The molecule has 0 spiro atoms. The molecular formula is C18H23ClN2O2. The zero-order valence-electron chi connectivity index (χ0n) is 13.3. The molecule has 124 valence electrons. The number of aryl methyl sites for hydroxylation is 1. The van der Waals surface area contributed by atoms with E-state index in [1.807, 2.05) is 61.5 Å². The van der Waals surface area contributed by atoms with E-state index in [9.17, 15) is 9.90 Å². The molecule has 2 aromatic carbocycles. The molecule has 4 nitrogen and oxygen atoms in total. The van der Waals surface area contributed by atoms with Gasteiger partial charge in [-0.05, 0) is 25.0 Å². The van der Waals surface area contributed by atoms with Gasteiger partial charge in [0.2, 0.25) is 5.91 Å². The first-order valence-corrected chi connectivity index (χ1v) is 7.28. The van der Waals surface area contributed by atoms with Gasteiger partial charge in [-0.2, -0.15) is 0 Å². The normalized spacial score (nSPS) is 14.3. The maximum atomic E-state index is 12.3. The van der Waals surface area contributed by atoms with Crippen molar-refractivity contribution in [2.45, 2.75) is 25.5 Å². The molecule has 2 aromatic rings. The number of rotatable bonds is 5. The van der Waals surface area contributed by atoms with E-state index in [2.05, 4.69) is 5.32 Å². The molecule has 0 saturated carbocycles. The van der Waals surface area contributed by atoms with Crippen LogP contribution < -0.4 is 11.1 Å². The van der Waals surface area contributed by atoms with Gasteiger partial charge < -0.3 is 16.2 Å². The Hall–Kier alpha value is -1.88. The van der Waals surface area contributed by atoms with Crippen molar-refractivity contribution in [1.82, 2.24) is 5.32 Å². The Balaban J connectivity index is 0.00000264. The van der Waals surface area contributed by atoms with Crippen LogP contribution in [0.25, 0.3) is 0 Å². The number of hydrogen-bond acceptors (Lipinski definition) is 3. The van der Waals surface area contributed by atoms with Crippen LogP contribution in [-0.2, 0) is 10.3 Å². The third-order valence-electron chi connectivity index (χ3n) is 3.76. The minimum Gasteiger partial charge on any atom is -0.387 e.